The molecule has 1 saturated carbocycles. The van der Waals surface area contributed by atoms with E-state index in [0.717, 1.165) is 46.6 Å². The van der Waals surface area contributed by atoms with Crippen LogP contribution in [0.5, 0.6) is 0 Å². The van der Waals surface area contributed by atoms with Crippen LogP contribution in [0.3, 0.4) is 0 Å². The molecule has 8 nitrogen and oxygen atoms in total. The van der Waals surface area contributed by atoms with Crippen molar-refractivity contribution in [2.24, 2.45) is 0 Å². The van der Waals surface area contributed by atoms with E-state index in [1.54, 1.807) is 29.3 Å². The summed E-state index contributed by atoms with van der Waals surface area (Å²) in [6.07, 6.45) is 8.12. The first-order chi connectivity index (χ1) is 16.5. The van der Waals surface area contributed by atoms with Gasteiger partial charge < -0.3 is 10.4 Å². The van der Waals surface area contributed by atoms with E-state index in [0.29, 0.717) is 29.7 Å². The van der Waals surface area contributed by atoms with Crippen LogP contribution in [0.15, 0.2) is 48.9 Å². The van der Waals surface area contributed by atoms with Gasteiger partial charge in [-0.1, -0.05) is 19.1 Å². The lowest BCUT2D eigenvalue weighted by molar-refractivity contribution is 0.0698. The van der Waals surface area contributed by atoms with Gasteiger partial charge in [0.15, 0.2) is 5.82 Å². The van der Waals surface area contributed by atoms with Crippen molar-refractivity contribution in [3.8, 4) is 16.9 Å². The molecular weight excluding hydrogens is 428 g/mol. The molecule has 34 heavy (non-hydrogen) atoms. The Hall–Kier alpha value is -4.07. The van der Waals surface area contributed by atoms with E-state index < -0.39 is 5.97 Å². The second-order valence-corrected chi connectivity index (χ2v) is 8.61. The van der Waals surface area contributed by atoms with Crippen LogP contribution in [-0.2, 0) is 6.42 Å². The number of nitrogens with zero attached hydrogens (tertiary/aromatic N) is 5. The Morgan fingerprint density at radius 1 is 1.21 bits per heavy atom. The number of hydrogen-bond donors (Lipinski definition) is 2. The molecule has 1 aliphatic rings. The predicted molar refractivity (Wildman–Crippen MR) is 130 cm³/mol. The fraction of sp³-hybridized carbons (Fsp3) is 0.269. The van der Waals surface area contributed by atoms with Crippen LogP contribution in [-0.4, -0.2) is 35.8 Å². The fourth-order valence-electron chi connectivity index (χ4n) is 4.16. The van der Waals surface area contributed by atoms with Crippen LogP contribution >= 0.6 is 0 Å². The van der Waals surface area contributed by atoms with Crippen molar-refractivity contribution in [1.82, 2.24) is 24.7 Å². The lowest BCUT2D eigenvalue weighted by Gasteiger charge is -2.15. The number of rotatable bonds is 7. The van der Waals surface area contributed by atoms with E-state index in [2.05, 4.69) is 15.3 Å². The first kappa shape index (κ1) is 21.8. The molecule has 0 aliphatic heterocycles. The SMILES string of the molecule is CCc1nn(-c2nc(C)cnc2C)c(Nc2ccc(C3CC3)cc2C(=O)O)c1-c1cccnc1. The molecule has 1 aromatic carbocycles. The molecule has 3 aromatic heterocycles. The summed E-state index contributed by atoms with van der Waals surface area (Å²) in [6, 6.07) is 9.49. The first-order valence-corrected chi connectivity index (χ1v) is 11.4. The van der Waals surface area contributed by atoms with Crippen molar-refractivity contribution in [1.29, 1.82) is 0 Å². The largest absolute Gasteiger partial charge is 0.478 e. The summed E-state index contributed by atoms with van der Waals surface area (Å²) in [5.41, 5.74) is 5.90. The van der Waals surface area contributed by atoms with Crippen LogP contribution in [0.4, 0.5) is 11.5 Å². The molecule has 0 atom stereocenters. The highest BCUT2D eigenvalue weighted by atomic mass is 16.4. The molecule has 0 saturated heterocycles. The molecule has 0 amide bonds. The molecule has 0 spiro atoms. The first-order valence-electron chi connectivity index (χ1n) is 11.4. The minimum Gasteiger partial charge on any atom is -0.478 e. The third-order valence-corrected chi connectivity index (χ3v) is 6.07. The standard InChI is InChI=1S/C26H26N6O2/c1-4-21-23(19-6-5-11-27-14-19)25(32(31-21)24-16(3)28-13-15(2)29-24)30-22-10-9-18(17-7-8-17)12-20(22)26(33)34/h5-6,9-14,17,30H,4,7-8H2,1-3H3,(H,33,34). The van der Waals surface area contributed by atoms with Gasteiger partial charge in [-0.05, 0) is 62.8 Å². The van der Waals surface area contributed by atoms with E-state index in [1.807, 2.05) is 45.0 Å². The summed E-state index contributed by atoms with van der Waals surface area (Å²) < 4.78 is 1.73. The highest BCUT2D eigenvalue weighted by molar-refractivity contribution is 5.96. The number of carboxylic acids is 1. The van der Waals surface area contributed by atoms with Crippen molar-refractivity contribution in [2.45, 2.75) is 46.0 Å². The van der Waals surface area contributed by atoms with Crippen LogP contribution in [0.2, 0.25) is 0 Å². The molecule has 3 heterocycles. The number of aryl methyl sites for hydroxylation is 3. The van der Waals surface area contributed by atoms with Crippen LogP contribution in [0, 0.1) is 13.8 Å². The van der Waals surface area contributed by atoms with Crippen LogP contribution in [0.25, 0.3) is 16.9 Å². The van der Waals surface area contributed by atoms with Gasteiger partial charge in [-0.3, -0.25) is 9.97 Å². The Bertz CT molecular complexity index is 1380. The summed E-state index contributed by atoms with van der Waals surface area (Å²) in [5.74, 6) is 0.718. The molecule has 5 rings (SSSR count). The van der Waals surface area contributed by atoms with Crippen LogP contribution in [0.1, 0.15) is 58.7 Å². The zero-order valence-electron chi connectivity index (χ0n) is 19.4. The van der Waals surface area contributed by atoms with Gasteiger partial charge in [-0.25, -0.2) is 9.78 Å². The summed E-state index contributed by atoms with van der Waals surface area (Å²) in [4.78, 5) is 25.6. The minimum atomic E-state index is -0.971. The van der Waals surface area contributed by atoms with Crippen molar-refractivity contribution >= 4 is 17.5 Å². The van der Waals surface area contributed by atoms with Crippen molar-refractivity contribution in [2.75, 3.05) is 5.32 Å². The number of aromatic nitrogens is 5. The van der Waals surface area contributed by atoms with Gasteiger partial charge in [0.2, 0.25) is 0 Å². The molecule has 2 N–H and O–H groups in total. The number of benzene rings is 1. The monoisotopic (exact) mass is 454 g/mol. The third-order valence-electron chi connectivity index (χ3n) is 6.07. The number of anilines is 2. The lowest BCUT2D eigenvalue weighted by Crippen LogP contribution is -2.11. The summed E-state index contributed by atoms with van der Waals surface area (Å²) >= 11 is 0. The van der Waals surface area contributed by atoms with Gasteiger partial charge in [0.25, 0.3) is 0 Å². The maximum atomic E-state index is 12.2. The molecular formula is C26H26N6O2. The highest BCUT2D eigenvalue weighted by Gasteiger charge is 2.27. The normalized spacial score (nSPS) is 13.1. The fourth-order valence-corrected chi connectivity index (χ4v) is 4.16. The number of hydrogen-bond acceptors (Lipinski definition) is 6. The second-order valence-electron chi connectivity index (χ2n) is 8.61. The van der Waals surface area contributed by atoms with Gasteiger partial charge >= 0.3 is 5.97 Å². The minimum absolute atomic E-state index is 0.236. The quantitative estimate of drug-likeness (QED) is 0.394. The van der Waals surface area contributed by atoms with Crippen molar-refractivity contribution < 1.29 is 9.90 Å². The van der Waals surface area contributed by atoms with E-state index in [-0.39, 0.29) is 5.56 Å². The maximum absolute atomic E-state index is 12.2. The number of carboxylic acid groups (broad SMARTS) is 1. The Balaban J connectivity index is 1.73. The number of aromatic carboxylic acids is 1. The second kappa shape index (κ2) is 8.70. The van der Waals surface area contributed by atoms with Crippen molar-refractivity contribution in [3.05, 3.63) is 77.1 Å². The van der Waals surface area contributed by atoms with Crippen molar-refractivity contribution in [3.63, 3.8) is 0 Å². The third kappa shape index (κ3) is 4.03. The Morgan fingerprint density at radius 2 is 2.03 bits per heavy atom. The Morgan fingerprint density at radius 3 is 2.71 bits per heavy atom. The van der Waals surface area contributed by atoms with E-state index in [4.69, 9.17) is 10.1 Å². The smallest absolute Gasteiger partial charge is 0.337 e. The van der Waals surface area contributed by atoms with Gasteiger partial charge in [-0.2, -0.15) is 9.78 Å². The molecule has 1 aliphatic carbocycles. The molecule has 4 aromatic rings. The zero-order valence-corrected chi connectivity index (χ0v) is 19.4. The molecule has 0 unspecified atom stereocenters. The van der Waals surface area contributed by atoms with E-state index >= 15 is 0 Å². The number of nitrogens with one attached hydrogen (secondary N) is 1. The summed E-state index contributed by atoms with van der Waals surface area (Å²) in [6.45, 7) is 5.81. The average Bonchev–Trinajstić information content (AvgIpc) is 3.63. The molecule has 1 fully saturated rings. The van der Waals surface area contributed by atoms with Gasteiger partial charge in [-0.15, -0.1) is 0 Å². The molecule has 0 bridgehead atoms. The lowest BCUT2D eigenvalue weighted by atomic mass is 10.0. The topological polar surface area (TPSA) is 106 Å². The number of pyridine rings is 1. The van der Waals surface area contributed by atoms with Crippen LogP contribution < -0.4 is 5.32 Å². The maximum Gasteiger partial charge on any atom is 0.337 e. The Labute approximate surface area is 197 Å². The average molecular weight is 455 g/mol. The Kier molecular flexibility index (Phi) is 5.57. The summed E-state index contributed by atoms with van der Waals surface area (Å²) in [5, 5.41) is 18.3. The predicted octanol–water partition coefficient (Wildman–Crippen LogP) is 5.22. The molecule has 8 heteroatoms. The number of carbonyl (C=O) groups is 1. The van der Waals surface area contributed by atoms with Gasteiger partial charge in [0.05, 0.1) is 28.3 Å². The van der Waals surface area contributed by atoms with E-state index in [9.17, 15) is 9.90 Å². The van der Waals surface area contributed by atoms with E-state index in [1.165, 1.54) is 0 Å². The molecule has 0 radical (unpaired) electrons. The van der Waals surface area contributed by atoms with Gasteiger partial charge in [0, 0.05) is 29.7 Å². The zero-order chi connectivity index (χ0) is 23.8. The highest BCUT2D eigenvalue weighted by Crippen LogP contribution is 2.42. The molecule has 172 valence electrons. The van der Waals surface area contributed by atoms with Gasteiger partial charge in [0.1, 0.15) is 5.82 Å². The summed E-state index contributed by atoms with van der Waals surface area (Å²) in [7, 11) is 0.